The van der Waals surface area contributed by atoms with E-state index >= 15 is 0 Å². The molecule has 104 valence electrons. The SMILES string of the molecule is O=C(Oc1cc(CO)ccc1CCO)c1ccccc1. The molecule has 0 saturated heterocycles. The molecule has 0 aliphatic rings. The summed E-state index contributed by atoms with van der Waals surface area (Å²) in [7, 11) is 0. The number of esters is 1. The molecule has 0 bridgehead atoms. The lowest BCUT2D eigenvalue weighted by molar-refractivity contribution is 0.0732. The van der Waals surface area contributed by atoms with Gasteiger partial charge in [-0.05, 0) is 35.7 Å². The van der Waals surface area contributed by atoms with Crippen molar-refractivity contribution in [3.63, 3.8) is 0 Å². The van der Waals surface area contributed by atoms with E-state index in [1.807, 2.05) is 6.07 Å². The van der Waals surface area contributed by atoms with Crippen LogP contribution >= 0.6 is 0 Å². The van der Waals surface area contributed by atoms with E-state index in [0.29, 0.717) is 23.3 Å². The fourth-order valence-electron chi connectivity index (χ4n) is 1.85. The van der Waals surface area contributed by atoms with Crippen LogP contribution in [-0.2, 0) is 13.0 Å². The molecule has 0 fully saturated rings. The predicted octanol–water partition coefficient (Wildman–Crippen LogP) is 1.93. The Kier molecular flexibility index (Phi) is 4.87. The molecule has 2 aromatic carbocycles. The van der Waals surface area contributed by atoms with Crippen molar-refractivity contribution < 1.29 is 19.7 Å². The van der Waals surface area contributed by atoms with Gasteiger partial charge in [-0.25, -0.2) is 4.79 Å². The maximum atomic E-state index is 12.0. The summed E-state index contributed by atoms with van der Waals surface area (Å²) in [6, 6.07) is 13.8. The van der Waals surface area contributed by atoms with E-state index < -0.39 is 5.97 Å². The molecule has 0 amide bonds. The van der Waals surface area contributed by atoms with E-state index in [1.165, 1.54) is 0 Å². The summed E-state index contributed by atoms with van der Waals surface area (Å²) in [6.07, 6.45) is 0.392. The fourth-order valence-corrected chi connectivity index (χ4v) is 1.85. The summed E-state index contributed by atoms with van der Waals surface area (Å²) in [5, 5.41) is 18.2. The van der Waals surface area contributed by atoms with Gasteiger partial charge in [0.1, 0.15) is 5.75 Å². The Morgan fingerprint density at radius 3 is 2.45 bits per heavy atom. The zero-order valence-electron chi connectivity index (χ0n) is 11.0. The summed E-state index contributed by atoms with van der Waals surface area (Å²) >= 11 is 0. The van der Waals surface area contributed by atoms with Crippen LogP contribution in [0.5, 0.6) is 5.75 Å². The van der Waals surface area contributed by atoms with Crippen molar-refractivity contribution in [3.05, 3.63) is 65.2 Å². The minimum Gasteiger partial charge on any atom is -0.423 e. The summed E-state index contributed by atoms with van der Waals surface area (Å²) in [4.78, 5) is 12.0. The summed E-state index contributed by atoms with van der Waals surface area (Å²) < 4.78 is 5.37. The lowest BCUT2D eigenvalue weighted by Crippen LogP contribution is -2.10. The Morgan fingerprint density at radius 1 is 1.05 bits per heavy atom. The second-order valence-electron chi connectivity index (χ2n) is 4.33. The van der Waals surface area contributed by atoms with Crippen LogP contribution in [0.2, 0.25) is 0 Å². The van der Waals surface area contributed by atoms with Gasteiger partial charge in [0.05, 0.1) is 12.2 Å². The quantitative estimate of drug-likeness (QED) is 0.644. The third-order valence-corrected chi connectivity index (χ3v) is 2.91. The normalized spacial score (nSPS) is 10.3. The summed E-state index contributed by atoms with van der Waals surface area (Å²) in [6.45, 7) is -0.163. The van der Waals surface area contributed by atoms with Crippen LogP contribution in [0.4, 0.5) is 0 Å². The van der Waals surface area contributed by atoms with Crippen molar-refractivity contribution >= 4 is 5.97 Å². The number of carbonyl (C=O) groups excluding carboxylic acids is 1. The standard InChI is InChI=1S/C16H16O4/c17-9-8-13-7-6-12(11-18)10-15(13)20-16(19)14-4-2-1-3-5-14/h1-7,10,17-18H,8-9,11H2. The lowest BCUT2D eigenvalue weighted by atomic mass is 10.1. The first kappa shape index (κ1) is 14.2. The Bertz CT molecular complexity index is 578. The van der Waals surface area contributed by atoms with Crippen LogP contribution < -0.4 is 4.74 Å². The van der Waals surface area contributed by atoms with E-state index in [1.54, 1.807) is 42.5 Å². The van der Waals surface area contributed by atoms with Crippen LogP contribution in [0.3, 0.4) is 0 Å². The first-order chi connectivity index (χ1) is 9.74. The molecule has 0 aliphatic heterocycles. The van der Waals surface area contributed by atoms with Crippen molar-refractivity contribution in [2.45, 2.75) is 13.0 Å². The molecule has 0 saturated carbocycles. The Labute approximate surface area is 117 Å². The number of rotatable bonds is 5. The second-order valence-corrected chi connectivity index (χ2v) is 4.33. The molecule has 0 radical (unpaired) electrons. The summed E-state index contributed by atoms with van der Waals surface area (Å²) in [5.74, 6) is -0.0840. The van der Waals surface area contributed by atoms with E-state index in [4.69, 9.17) is 14.9 Å². The predicted molar refractivity (Wildman–Crippen MR) is 74.6 cm³/mol. The zero-order chi connectivity index (χ0) is 14.4. The van der Waals surface area contributed by atoms with Crippen LogP contribution in [0, 0.1) is 0 Å². The molecule has 4 nitrogen and oxygen atoms in total. The van der Waals surface area contributed by atoms with Gasteiger partial charge >= 0.3 is 5.97 Å². The second kappa shape index (κ2) is 6.84. The van der Waals surface area contributed by atoms with Gasteiger partial charge in [0.2, 0.25) is 0 Å². The number of aliphatic hydroxyl groups is 2. The van der Waals surface area contributed by atoms with Crippen molar-refractivity contribution in [1.29, 1.82) is 0 Å². The highest BCUT2D eigenvalue weighted by atomic mass is 16.5. The highest BCUT2D eigenvalue weighted by Crippen LogP contribution is 2.22. The Morgan fingerprint density at radius 2 is 1.80 bits per heavy atom. The van der Waals surface area contributed by atoms with Crippen molar-refractivity contribution in [3.8, 4) is 5.75 Å². The number of hydrogen-bond donors (Lipinski definition) is 2. The molecular weight excluding hydrogens is 256 g/mol. The molecule has 0 atom stereocenters. The molecule has 2 rings (SSSR count). The molecule has 20 heavy (non-hydrogen) atoms. The zero-order valence-corrected chi connectivity index (χ0v) is 11.0. The van der Waals surface area contributed by atoms with Crippen molar-refractivity contribution in [2.75, 3.05) is 6.61 Å². The summed E-state index contributed by atoms with van der Waals surface area (Å²) in [5.41, 5.74) is 1.84. The number of ether oxygens (including phenoxy) is 1. The van der Waals surface area contributed by atoms with Gasteiger partial charge in [0.15, 0.2) is 0 Å². The number of carbonyl (C=O) groups is 1. The highest BCUT2D eigenvalue weighted by molar-refractivity contribution is 5.91. The molecule has 2 aromatic rings. The van der Waals surface area contributed by atoms with Gasteiger partial charge < -0.3 is 14.9 Å². The monoisotopic (exact) mass is 272 g/mol. The number of aliphatic hydroxyl groups excluding tert-OH is 2. The molecule has 0 aliphatic carbocycles. The topological polar surface area (TPSA) is 66.8 Å². The van der Waals surface area contributed by atoms with Gasteiger partial charge in [-0.15, -0.1) is 0 Å². The van der Waals surface area contributed by atoms with E-state index in [9.17, 15) is 4.79 Å². The van der Waals surface area contributed by atoms with E-state index in [-0.39, 0.29) is 13.2 Å². The van der Waals surface area contributed by atoms with Crippen LogP contribution in [-0.4, -0.2) is 22.8 Å². The Hall–Kier alpha value is -2.17. The Balaban J connectivity index is 2.25. The third kappa shape index (κ3) is 3.44. The van der Waals surface area contributed by atoms with Crippen LogP contribution in [0.1, 0.15) is 21.5 Å². The fraction of sp³-hybridized carbons (Fsp3) is 0.188. The highest BCUT2D eigenvalue weighted by Gasteiger charge is 2.12. The average Bonchev–Trinajstić information content (AvgIpc) is 2.50. The maximum absolute atomic E-state index is 12.0. The first-order valence-corrected chi connectivity index (χ1v) is 6.35. The van der Waals surface area contributed by atoms with Crippen molar-refractivity contribution in [2.24, 2.45) is 0 Å². The molecule has 0 heterocycles. The van der Waals surface area contributed by atoms with Crippen molar-refractivity contribution in [1.82, 2.24) is 0 Å². The van der Waals surface area contributed by atoms with Crippen LogP contribution in [0.25, 0.3) is 0 Å². The molecule has 0 aromatic heterocycles. The number of hydrogen-bond acceptors (Lipinski definition) is 4. The van der Waals surface area contributed by atoms with Crippen LogP contribution in [0.15, 0.2) is 48.5 Å². The lowest BCUT2D eigenvalue weighted by Gasteiger charge is -2.11. The van der Waals surface area contributed by atoms with Gasteiger partial charge in [-0.2, -0.15) is 0 Å². The molecule has 0 unspecified atom stereocenters. The number of benzene rings is 2. The molecule has 0 spiro atoms. The van der Waals surface area contributed by atoms with Gasteiger partial charge in [0.25, 0.3) is 0 Å². The smallest absolute Gasteiger partial charge is 0.343 e. The molecular formula is C16H16O4. The molecule has 4 heteroatoms. The minimum atomic E-state index is -0.458. The maximum Gasteiger partial charge on any atom is 0.343 e. The van der Waals surface area contributed by atoms with Gasteiger partial charge in [-0.3, -0.25) is 0 Å². The third-order valence-electron chi connectivity index (χ3n) is 2.91. The minimum absolute atomic E-state index is 0.0334. The van der Waals surface area contributed by atoms with Gasteiger partial charge in [-0.1, -0.05) is 30.3 Å². The average molecular weight is 272 g/mol. The molecule has 2 N–H and O–H groups in total. The van der Waals surface area contributed by atoms with E-state index in [0.717, 1.165) is 5.56 Å². The largest absolute Gasteiger partial charge is 0.423 e. The van der Waals surface area contributed by atoms with E-state index in [2.05, 4.69) is 0 Å². The van der Waals surface area contributed by atoms with Gasteiger partial charge in [0, 0.05) is 6.61 Å². The first-order valence-electron chi connectivity index (χ1n) is 6.35.